The van der Waals surface area contributed by atoms with Crippen LogP contribution in [0.1, 0.15) is 16.7 Å². The Labute approximate surface area is 179 Å². The van der Waals surface area contributed by atoms with Crippen LogP contribution >= 0.6 is 24.0 Å². The lowest BCUT2D eigenvalue weighted by molar-refractivity contribution is -0.127. The van der Waals surface area contributed by atoms with Crippen LogP contribution in [0.4, 0.5) is 0 Å². The second kappa shape index (κ2) is 11.6. The second-order valence-electron chi connectivity index (χ2n) is 6.61. The number of hydrogen-bond acceptors (Lipinski definition) is 2. The van der Waals surface area contributed by atoms with E-state index in [1.165, 1.54) is 11.1 Å². The summed E-state index contributed by atoms with van der Waals surface area (Å²) >= 11 is 0. The SMILES string of the molecule is Cc1ccc(CN(C)C(=NCc2ccccc2)NCC(=O)N(C)C)cc1.I. The standard InChI is InChI=1S/C21H28N4O.HI/c1-17-10-12-19(13-11-17)16-25(4)21(23-15-20(26)24(2)3)22-14-18-8-6-5-7-9-18;/h5-13H,14-16H2,1-4H3,(H,22,23);1H. The van der Waals surface area contributed by atoms with Crippen LogP contribution < -0.4 is 5.32 Å². The van der Waals surface area contributed by atoms with Gasteiger partial charge in [-0.25, -0.2) is 4.99 Å². The van der Waals surface area contributed by atoms with Crippen LogP contribution in [0.5, 0.6) is 0 Å². The van der Waals surface area contributed by atoms with Gasteiger partial charge in [0.2, 0.25) is 5.91 Å². The molecule has 6 heteroatoms. The third-order valence-electron chi connectivity index (χ3n) is 4.05. The van der Waals surface area contributed by atoms with Crippen LogP contribution in [-0.2, 0) is 17.9 Å². The van der Waals surface area contributed by atoms with Crippen molar-refractivity contribution in [3.63, 3.8) is 0 Å². The Hall–Kier alpha value is -2.09. The number of halogens is 1. The molecule has 146 valence electrons. The summed E-state index contributed by atoms with van der Waals surface area (Å²) in [4.78, 5) is 20.2. The number of likely N-dealkylation sites (N-methyl/N-ethyl adjacent to an activating group) is 1. The highest BCUT2D eigenvalue weighted by molar-refractivity contribution is 14.0. The van der Waals surface area contributed by atoms with Crippen molar-refractivity contribution >= 4 is 35.8 Å². The van der Waals surface area contributed by atoms with E-state index in [-0.39, 0.29) is 36.4 Å². The van der Waals surface area contributed by atoms with Gasteiger partial charge in [-0.2, -0.15) is 0 Å². The lowest BCUT2D eigenvalue weighted by Crippen LogP contribution is -2.43. The first-order chi connectivity index (χ1) is 12.5. The minimum absolute atomic E-state index is 0. The van der Waals surface area contributed by atoms with Crippen LogP contribution in [0, 0.1) is 6.92 Å². The highest BCUT2D eigenvalue weighted by Crippen LogP contribution is 2.07. The molecule has 0 bridgehead atoms. The van der Waals surface area contributed by atoms with Crippen LogP contribution in [0.3, 0.4) is 0 Å². The lowest BCUT2D eigenvalue weighted by Gasteiger charge is -2.23. The van der Waals surface area contributed by atoms with Gasteiger partial charge in [-0.15, -0.1) is 24.0 Å². The summed E-state index contributed by atoms with van der Waals surface area (Å²) in [6.07, 6.45) is 0. The first-order valence-corrected chi connectivity index (χ1v) is 8.75. The predicted molar refractivity (Wildman–Crippen MR) is 122 cm³/mol. The predicted octanol–water partition coefficient (Wildman–Crippen LogP) is 3.28. The molecule has 0 atom stereocenters. The zero-order chi connectivity index (χ0) is 18.9. The molecule has 0 aliphatic rings. The van der Waals surface area contributed by atoms with Crippen LogP contribution in [0.25, 0.3) is 0 Å². The number of amides is 1. The fourth-order valence-corrected chi connectivity index (χ4v) is 2.42. The zero-order valence-corrected chi connectivity index (χ0v) is 18.8. The number of guanidine groups is 1. The average molecular weight is 480 g/mol. The molecule has 0 radical (unpaired) electrons. The van der Waals surface area contributed by atoms with E-state index in [4.69, 9.17) is 4.99 Å². The highest BCUT2D eigenvalue weighted by Gasteiger charge is 2.10. The van der Waals surface area contributed by atoms with Crippen molar-refractivity contribution in [3.8, 4) is 0 Å². The van der Waals surface area contributed by atoms with Crippen molar-refractivity contribution in [1.82, 2.24) is 15.1 Å². The molecule has 0 unspecified atom stereocenters. The third-order valence-corrected chi connectivity index (χ3v) is 4.05. The Balaban J connectivity index is 0.00000364. The van der Waals surface area contributed by atoms with E-state index in [1.807, 2.05) is 42.3 Å². The van der Waals surface area contributed by atoms with Crippen molar-refractivity contribution in [1.29, 1.82) is 0 Å². The first kappa shape index (κ1) is 23.0. The highest BCUT2D eigenvalue weighted by atomic mass is 127. The molecular formula is C21H29IN4O. The Morgan fingerprint density at radius 1 is 0.963 bits per heavy atom. The maximum atomic E-state index is 11.9. The monoisotopic (exact) mass is 480 g/mol. The number of benzene rings is 2. The van der Waals surface area contributed by atoms with E-state index in [1.54, 1.807) is 19.0 Å². The molecule has 0 spiro atoms. The van der Waals surface area contributed by atoms with Crippen molar-refractivity contribution in [2.24, 2.45) is 4.99 Å². The van der Waals surface area contributed by atoms with E-state index in [0.717, 1.165) is 12.1 Å². The summed E-state index contributed by atoms with van der Waals surface area (Å²) in [5.74, 6) is 0.728. The number of nitrogens with zero attached hydrogens (tertiary/aromatic N) is 3. The molecule has 2 aromatic rings. The number of nitrogens with one attached hydrogen (secondary N) is 1. The summed E-state index contributed by atoms with van der Waals surface area (Å²) in [5, 5.41) is 3.19. The van der Waals surface area contributed by atoms with Gasteiger partial charge < -0.3 is 15.1 Å². The summed E-state index contributed by atoms with van der Waals surface area (Å²) in [6.45, 7) is 3.59. The third kappa shape index (κ3) is 7.99. The minimum atomic E-state index is 0. The molecular weight excluding hydrogens is 451 g/mol. The minimum Gasteiger partial charge on any atom is -0.347 e. The van der Waals surface area contributed by atoms with Gasteiger partial charge in [0.25, 0.3) is 0 Å². The van der Waals surface area contributed by atoms with Crippen LogP contribution in [0.15, 0.2) is 59.6 Å². The Kier molecular flexibility index (Phi) is 9.85. The molecule has 5 nitrogen and oxygen atoms in total. The number of hydrogen-bond donors (Lipinski definition) is 1. The van der Waals surface area contributed by atoms with Gasteiger partial charge in [0.1, 0.15) is 0 Å². The zero-order valence-electron chi connectivity index (χ0n) is 16.5. The molecule has 0 saturated heterocycles. The fraction of sp³-hybridized carbons (Fsp3) is 0.333. The molecule has 0 aromatic heterocycles. The van der Waals surface area contributed by atoms with Crippen molar-refractivity contribution in [2.75, 3.05) is 27.7 Å². The Bertz CT molecular complexity index is 730. The van der Waals surface area contributed by atoms with Gasteiger partial charge in [0.15, 0.2) is 5.96 Å². The van der Waals surface area contributed by atoms with E-state index < -0.39 is 0 Å². The van der Waals surface area contributed by atoms with Gasteiger partial charge in [0, 0.05) is 27.7 Å². The number of aryl methyl sites for hydroxylation is 1. The van der Waals surface area contributed by atoms with Gasteiger partial charge in [0.05, 0.1) is 13.1 Å². The molecule has 0 heterocycles. The van der Waals surface area contributed by atoms with Gasteiger partial charge in [-0.3, -0.25) is 4.79 Å². The molecule has 0 saturated carbocycles. The van der Waals surface area contributed by atoms with Gasteiger partial charge >= 0.3 is 0 Å². The average Bonchev–Trinajstić information content (AvgIpc) is 2.64. The maximum absolute atomic E-state index is 11.9. The van der Waals surface area contributed by atoms with Crippen LogP contribution in [0.2, 0.25) is 0 Å². The molecule has 0 aliphatic heterocycles. The number of carbonyl (C=O) groups excluding carboxylic acids is 1. The maximum Gasteiger partial charge on any atom is 0.241 e. The van der Waals surface area contributed by atoms with E-state index in [0.29, 0.717) is 12.5 Å². The second-order valence-corrected chi connectivity index (χ2v) is 6.61. The first-order valence-electron chi connectivity index (χ1n) is 8.75. The van der Waals surface area contributed by atoms with Crippen LogP contribution in [-0.4, -0.2) is 49.4 Å². The van der Waals surface area contributed by atoms with Crippen molar-refractivity contribution in [2.45, 2.75) is 20.0 Å². The molecule has 2 aromatic carbocycles. The van der Waals surface area contributed by atoms with E-state index in [2.05, 4.69) is 36.5 Å². The number of rotatable bonds is 6. The summed E-state index contributed by atoms with van der Waals surface area (Å²) < 4.78 is 0. The molecule has 1 N–H and O–H groups in total. The molecule has 27 heavy (non-hydrogen) atoms. The summed E-state index contributed by atoms with van der Waals surface area (Å²) in [6, 6.07) is 18.5. The normalized spacial score (nSPS) is 10.7. The lowest BCUT2D eigenvalue weighted by atomic mass is 10.1. The Morgan fingerprint density at radius 3 is 2.19 bits per heavy atom. The quantitative estimate of drug-likeness (QED) is 0.392. The number of carbonyl (C=O) groups is 1. The van der Waals surface area contributed by atoms with Crippen molar-refractivity contribution in [3.05, 3.63) is 71.3 Å². The summed E-state index contributed by atoms with van der Waals surface area (Å²) in [7, 11) is 5.48. The molecule has 1 amide bonds. The summed E-state index contributed by atoms with van der Waals surface area (Å²) in [5.41, 5.74) is 3.57. The molecule has 0 fully saturated rings. The molecule has 0 aliphatic carbocycles. The number of aliphatic imine (C=N–C) groups is 1. The largest absolute Gasteiger partial charge is 0.347 e. The topological polar surface area (TPSA) is 47.9 Å². The van der Waals surface area contributed by atoms with E-state index in [9.17, 15) is 4.79 Å². The van der Waals surface area contributed by atoms with Crippen molar-refractivity contribution < 1.29 is 4.79 Å². The van der Waals surface area contributed by atoms with Gasteiger partial charge in [-0.05, 0) is 18.1 Å². The fourth-order valence-electron chi connectivity index (χ4n) is 2.42. The van der Waals surface area contributed by atoms with E-state index >= 15 is 0 Å². The smallest absolute Gasteiger partial charge is 0.241 e. The Morgan fingerprint density at radius 2 is 1.59 bits per heavy atom. The van der Waals surface area contributed by atoms with Gasteiger partial charge in [-0.1, -0.05) is 60.2 Å². The molecule has 2 rings (SSSR count).